The first kappa shape index (κ1) is 24.5. The molecule has 5 fully saturated rings. The minimum absolute atomic E-state index is 0.0147. The monoisotopic (exact) mass is 482 g/mol. The van der Waals surface area contributed by atoms with Gasteiger partial charge in [0.05, 0.1) is 0 Å². The van der Waals surface area contributed by atoms with Crippen molar-refractivity contribution in [3.8, 4) is 0 Å². The first-order chi connectivity index (χ1) is 16.1. The van der Waals surface area contributed by atoms with Gasteiger partial charge in [-0.05, 0) is 91.3 Å². The molecule has 1 spiro atoms. The summed E-state index contributed by atoms with van der Waals surface area (Å²) in [4.78, 5) is 11.9. The van der Waals surface area contributed by atoms with E-state index < -0.39 is 0 Å². The molecule has 35 heavy (non-hydrogen) atoms. The van der Waals surface area contributed by atoms with Gasteiger partial charge in [-0.15, -0.1) is 0 Å². The summed E-state index contributed by atoms with van der Waals surface area (Å²) in [5.74, 6) is 1.07. The highest BCUT2D eigenvalue weighted by Gasteiger charge is 2.82. The van der Waals surface area contributed by atoms with E-state index in [1.165, 1.54) is 44.9 Å². The van der Waals surface area contributed by atoms with E-state index in [1.54, 1.807) is 12.5 Å². The second kappa shape index (κ2) is 6.78. The standard InChI is InChI=1S/C32H50O3/c1-20(33)34-24-11-12-29(7)21(27(24,4)5)10-13-30(8)22(29)18-25-32(35-25)23-19-26(2,3)14-15-28(23,6)16-17-31(30,32)9/h18,21,23-25H,10-17,19H2,1-9H3. The molecule has 3 heteroatoms. The zero-order chi connectivity index (χ0) is 25.4. The van der Waals surface area contributed by atoms with E-state index in [2.05, 4.69) is 61.5 Å². The number of esters is 1. The number of hydrogen-bond donors (Lipinski definition) is 0. The third-order valence-electron chi connectivity index (χ3n) is 13.6. The van der Waals surface area contributed by atoms with Crippen molar-refractivity contribution in [1.29, 1.82) is 0 Å². The SMILES string of the molecule is CC(=O)OC1CCC2(C)C3=CC4OC45C4CC(C)(C)CCC4(C)CCC5(C)C3(C)CCC2C1(C)C. The minimum atomic E-state index is -0.131. The van der Waals surface area contributed by atoms with Gasteiger partial charge in [0.25, 0.3) is 0 Å². The first-order valence-corrected chi connectivity index (χ1v) is 14.6. The zero-order valence-corrected chi connectivity index (χ0v) is 24.0. The van der Waals surface area contributed by atoms with Crippen molar-refractivity contribution in [2.75, 3.05) is 0 Å². The molecule has 9 atom stereocenters. The molecule has 0 N–H and O–H groups in total. The molecule has 0 bridgehead atoms. The van der Waals surface area contributed by atoms with Crippen LogP contribution in [0.15, 0.2) is 11.6 Å². The predicted molar refractivity (Wildman–Crippen MR) is 140 cm³/mol. The maximum absolute atomic E-state index is 11.9. The summed E-state index contributed by atoms with van der Waals surface area (Å²) in [6, 6.07) is 0. The van der Waals surface area contributed by atoms with Crippen LogP contribution >= 0.6 is 0 Å². The van der Waals surface area contributed by atoms with Crippen molar-refractivity contribution in [3.63, 3.8) is 0 Å². The molecular weight excluding hydrogens is 432 g/mol. The van der Waals surface area contributed by atoms with Gasteiger partial charge in [0.2, 0.25) is 0 Å². The quantitative estimate of drug-likeness (QED) is 0.217. The van der Waals surface area contributed by atoms with Gasteiger partial charge in [0.15, 0.2) is 0 Å². The molecule has 9 unspecified atom stereocenters. The number of allylic oxidation sites excluding steroid dienone is 1. The molecule has 1 saturated heterocycles. The first-order valence-electron chi connectivity index (χ1n) is 14.6. The minimum Gasteiger partial charge on any atom is -0.462 e. The van der Waals surface area contributed by atoms with Crippen LogP contribution in [0.25, 0.3) is 0 Å². The fourth-order valence-corrected chi connectivity index (χ4v) is 11.3. The molecule has 6 aliphatic rings. The maximum atomic E-state index is 11.9. The molecule has 0 amide bonds. The molecule has 5 aliphatic carbocycles. The third kappa shape index (κ3) is 2.81. The Hall–Kier alpha value is -0.830. The van der Waals surface area contributed by atoms with Gasteiger partial charge in [-0.3, -0.25) is 4.79 Å². The van der Waals surface area contributed by atoms with E-state index in [0.717, 1.165) is 12.8 Å². The van der Waals surface area contributed by atoms with Gasteiger partial charge >= 0.3 is 5.97 Å². The van der Waals surface area contributed by atoms with Gasteiger partial charge in [-0.1, -0.05) is 67.0 Å². The van der Waals surface area contributed by atoms with E-state index in [-0.39, 0.29) is 39.3 Å². The van der Waals surface area contributed by atoms with Gasteiger partial charge in [0.1, 0.15) is 17.8 Å². The van der Waals surface area contributed by atoms with E-state index in [1.807, 2.05) is 0 Å². The summed E-state index contributed by atoms with van der Waals surface area (Å²) in [6.07, 6.45) is 14.2. The van der Waals surface area contributed by atoms with Crippen LogP contribution in [-0.4, -0.2) is 23.8 Å². The molecule has 6 rings (SSSR count). The number of rotatable bonds is 1. The average molecular weight is 483 g/mol. The highest BCUT2D eigenvalue weighted by molar-refractivity contribution is 5.66. The van der Waals surface area contributed by atoms with E-state index in [9.17, 15) is 4.79 Å². The zero-order valence-electron chi connectivity index (χ0n) is 24.0. The van der Waals surface area contributed by atoms with E-state index in [4.69, 9.17) is 9.47 Å². The topological polar surface area (TPSA) is 38.8 Å². The van der Waals surface area contributed by atoms with Gasteiger partial charge < -0.3 is 9.47 Å². The van der Waals surface area contributed by atoms with Crippen molar-refractivity contribution >= 4 is 5.97 Å². The molecule has 0 radical (unpaired) electrons. The second-order valence-corrected chi connectivity index (χ2v) is 16.1. The lowest BCUT2D eigenvalue weighted by Crippen LogP contribution is -2.67. The van der Waals surface area contributed by atoms with Gasteiger partial charge in [-0.2, -0.15) is 0 Å². The van der Waals surface area contributed by atoms with Crippen LogP contribution in [0.4, 0.5) is 0 Å². The Morgan fingerprint density at radius 2 is 1.57 bits per heavy atom. The van der Waals surface area contributed by atoms with Crippen LogP contribution in [0.2, 0.25) is 0 Å². The van der Waals surface area contributed by atoms with E-state index >= 15 is 0 Å². The average Bonchev–Trinajstić information content (AvgIpc) is 3.48. The summed E-state index contributed by atoms with van der Waals surface area (Å²) < 4.78 is 13.0. The lowest BCUT2D eigenvalue weighted by atomic mass is 9.34. The Labute approximate surface area is 214 Å². The van der Waals surface area contributed by atoms with E-state index in [0.29, 0.717) is 28.8 Å². The van der Waals surface area contributed by atoms with Crippen LogP contribution < -0.4 is 0 Å². The molecule has 4 saturated carbocycles. The number of ether oxygens (including phenoxy) is 2. The lowest BCUT2D eigenvalue weighted by Gasteiger charge is -2.69. The van der Waals surface area contributed by atoms with Crippen LogP contribution in [-0.2, 0) is 14.3 Å². The lowest BCUT2D eigenvalue weighted by molar-refractivity contribution is -0.185. The fraction of sp³-hybridized carbons (Fsp3) is 0.906. The van der Waals surface area contributed by atoms with Crippen LogP contribution in [0.3, 0.4) is 0 Å². The number of epoxide rings is 1. The maximum Gasteiger partial charge on any atom is 0.302 e. The molecule has 196 valence electrons. The van der Waals surface area contributed by atoms with Crippen molar-refractivity contribution in [1.82, 2.24) is 0 Å². The molecule has 0 aromatic heterocycles. The fourth-order valence-electron chi connectivity index (χ4n) is 11.3. The van der Waals surface area contributed by atoms with Crippen LogP contribution in [0.5, 0.6) is 0 Å². The summed E-state index contributed by atoms with van der Waals surface area (Å²) in [6.45, 7) is 21.7. The molecular formula is C32H50O3. The Morgan fingerprint density at radius 3 is 2.26 bits per heavy atom. The third-order valence-corrected chi connectivity index (χ3v) is 13.6. The van der Waals surface area contributed by atoms with Crippen molar-refractivity contribution < 1.29 is 14.3 Å². The van der Waals surface area contributed by atoms with Gasteiger partial charge in [0, 0.05) is 17.8 Å². The smallest absolute Gasteiger partial charge is 0.302 e. The van der Waals surface area contributed by atoms with Crippen molar-refractivity contribution in [2.24, 2.45) is 44.3 Å². The second-order valence-electron chi connectivity index (χ2n) is 16.1. The largest absolute Gasteiger partial charge is 0.462 e. The molecule has 3 nitrogen and oxygen atoms in total. The normalized spacial score (nSPS) is 55.2. The number of fused-ring (bicyclic) bond motifs is 5. The molecule has 1 heterocycles. The van der Waals surface area contributed by atoms with Crippen LogP contribution in [0, 0.1) is 44.3 Å². The summed E-state index contributed by atoms with van der Waals surface area (Å²) >= 11 is 0. The predicted octanol–water partition coefficient (Wildman–Crippen LogP) is 7.87. The van der Waals surface area contributed by atoms with Crippen LogP contribution in [0.1, 0.15) is 120 Å². The summed E-state index contributed by atoms with van der Waals surface area (Å²) in [5, 5.41) is 0. The Morgan fingerprint density at radius 1 is 0.886 bits per heavy atom. The molecule has 0 aromatic carbocycles. The Balaban J connectivity index is 1.43. The highest BCUT2D eigenvalue weighted by Crippen LogP contribution is 2.81. The van der Waals surface area contributed by atoms with Crippen molar-refractivity contribution in [3.05, 3.63) is 11.6 Å². The summed E-state index contributed by atoms with van der Waals surface area (Å²) in [5.41, 5.74) is 3.09. The molecule has 0 aromatic rings. The Kier molecular flexibility index (Phi) is 4.74. The number of carbonyl (C=O) groups is 1. The van der Waals surface area contributed by atoms with Crippen molar-refractivity contribution in [2.45, 2.75) is 138 Å². The Bertz CT molecular complexity index is 993. The van der Waals surface area contributed by atoms with Gasteiger partial charge in [-0.25, -0.2) is 0 Å². The summed E-state index contributed by atoms with van der Waals surface area (Å²) in [7, 11) is 0. The number of carbonyl (C=O) groups excluding carboxylic acids is 1. The molecule has 1 aliphatic heterocycles. The number of hydrogen-bond acceptors (Lipinski definition) is 3. The highest BCUT2D eigenvalue weighted by atomic mass is 16.6.